The van der Waals surface area contributed by atoms with Crippen molar-refractivity contribution in [3.63, 3.8) is 0 Å². The molecule has 0 aliphatic carbocycles. The fourth-order valence-corrected chi connectivity index (χ4v) is 8.83. The highest BCUT2D eigenvalue weighted by molar-refractivity contribution is 7.91. The van der Waals surface area contributed by atoms with E-state index in [2.05, 4.69) is 10.2 Å². The SMILES string of the molecule is Cc1cccc(C(=O)C2CC(C3(c4ccccc4S(=O)(=O)c4cccc(Cl)c4)OCCO3)CCN2C2CCNCC2)c1N. The Balaban J connectivity index is 1.41. The zero-order valence-electron chi connectivity index (χ0n) is 24.3. The van der Waals surface area contributed by atoms with Crippen LogP contribution in [-0.2, 0) is 25.1 Å². The molecule has 0 spiro atoms. The first kappa shape index (κ1) is 30.2. The van der Waals surface area contributed by atoms with E-state index in [4.69, 9.17) is 26.8 Å². The van der Waals surface area contributed by atoms with E-state index in [1.165, 1.54) is 6.07 Å². The maximum atomic E-state index is 14.3. The summed E-state index contributed by atoms with van der Waals surface area (Å²) in [5.41, 5.74) is 8.79. The van der Waals surface area contributed by atoms with Crippen LogP contribution >= 0.6 is 11.6 Å². The number of sulfone groups is 1. The van der Waals surface area contributed by atoms with Gasteiger partial charge in [-0.1, -0.05) is 48.0 Å². The van der Waals surface area contributed by atoms with Gasteiger partial charge in [-0.05, 0) is 88.1 Å². The number of hydrogen-bond donors (Lipinski definition) is 2. The Morgan fingerprint density at radius 3 is 2.47 bits per heavy atom. The summed E-state index contributed by atoms with van der Waals surface area (Å²) in [6, 6.07) is 18.5. The van der Waals surface area contributed by atoms with E-state index in [0.29, 0.717) is 54.4 Å². The molecule has 0 bridgehead atoms. The van der Waals surface area contributed by atoms with Crippen LogP contribution in [0.25, 0.3) is 0 Å². The predicted molar refractivity (Wildman–Crippen MR) is 166 cm³/mol. The van der Waals surface area contributed by atoms with Gasteiger partial charge in [0.05, 0.1) is 29.0 Å². The Morgan fingerprint density at radius 1 is 1.00 bits per heavy atom. The lowest BCUT2D eigenvalue weighted by Gasteiger charge is -2.48. The van der Waals surface area contributed by atoms with E-state index in [-0.39, 0.29) is 27.5 Å². The summed E-state index contributed by atoms with van der Waals surface area (Å²) >= 11 is 6.19. The van der Waals surface area contributed by atoms with Gasteiger partial charge in [0.25, 0.3) is 0 Å². The minimum atomic E-state index is -3.96. The molecule has 2 unspecified atom stereocenters. The summed E-state index contributed by atoms with van der Waals surface area (Å²) in [6.45, 7) is 5.03. The summed E-state index contributed by atoms with van der Waals surface area (Å²) in [5.74, 6) is -1.61. The van der Waals surface area contributed by atoms with Crippen LogP contribution in [0.1, 0.15) is 47.2 Å². The number of piperidine rings is 2. The van der Waals surface area contributed by atoms with Crippen LogP contribution in [0, 0.1) is 12.8 Å². The first-order valence-electron chi connectivity index (χ1n) is 15.0. The Labute approximate surface area is 258 Å². The zero-order chi connectivity index (χ0) is 30.2. The average Bonchev–Trinajstić information content (AvgIpc) is 3.53. The molecule has 0 aromatic heterocycles. The topological polar surface area (TPSA) is 111 Å². The number of benzene rings is 3. The standard InChI is InChI=1S/C33H38ClN3O5S/c1-22-6-4-9-27(31(22)35)32(38)29-20-23(14-17-37(29)25-12-15-36-16-13-25)33(41-18-19-42-33)28-10-2-3-11-30(28)43(39,40)26-8-5-7-24(34)21-26/h2-11,21,23,25,29,36H,12-20,35H2,1H3. The average molecular weight is 624 g/mol. The van der Waals surface area contributed by atoms with Crippen LogP contribution in [0.4, 0.5) is 5.69 Å². The maximum Gasteiger partial charge on any atom is 0.207 e. The van der Waals surface area contributed by atoms with Crippen molar-refractivity contribution in [2.24, 2.45) is 5.92 Å². The molecule has 3 aliphatic rings. The molecule has 10 heteroatoms. The molecule has 6 rings (SSSR count). The van der Waals surface area contributed by atoms with Gasteiger partial charge in [0.2, 0.25) is 9.84 Å². The molecule has 8 nitrogen and oxygen atoms in total. The molecular formula is C33H38ClN3O5S. The zero-order valence-corrected chi connectivity index (χ0v) is 25.9. The Kier molecular flexibility index (Phi) is 8.65. The van der Waals surface area contributed by atoms with Crippen LogP contribution in [0.2, 0.25) is 5.02 Å². The second-order valence-electron chi connectivity index (χ2n) is 11.7. The van der Waals surface area contributed by atoms with Crippen LogP contribution in [0.5, 0.6) is 0 Å². The van der Waals surface area contributed by atoms with Gasteiger partial charge < -0.3 is 20.5 Å². The number of nitrogens with two attached hydrogens (primary N) is 1. The predicted octanol–water partition coefficient (Wildman–Crippen LogP) is 4.98. The molecule has 3 saturated heterocycles. The molecule has 43 heavy (non-hydrogen) atoms. The fraction of sp³-hybridized carbons (Fsp3) is 0.424. The first-order chi connectivity index (χ1) is 20.7. The number of carbonyl (C=O) groups excluding carboxylic acids is 1. The molecule has 3 aliphatic heterocycles. The third-order valence-electron chi connectivity index (χ3n) is 9.23. The van der Waals surface area contributed by atoms with Crippen molar-refractivity contribution in [3.05, 3.63) is 88.4 Å². The van der Waals surface area contributed by atoms with Crippen LogP contribution in [-0.4, -0.2) is 64.0 Å². The molecule has 3 aromatic rings. The molecule has 0 radical (unpaired) electrons. The first-order valence-corrected chi connectivity index (χ1v) is 16.8. The Hall–Kier alpha value is -2.79. The molecule has 2 atom stereocenters. The van der Waals surface area contributed by atoms with Gasteiger partial charge >= 0.3 is 0 Å². The lowest BCUT2D eigenvalue weighted by Crippen LogP contribution is -2.57. The van der Waals surface area contributed by atoms with Crippen molar-refractivity contribution in [1.82, 2.24) is 10.2 Å². The van der Waals surface area contributed by atoms with Gasteiger partial charge in [-0.15, -0.1) is 0 Å². The number of aryl methyl sites for hydroxylation is 1. The molecule has 228 valence electrons. The van der Waals surface area contributed by atoms with Crippen LogP contribution in [0.15, 0.2) is 76.5 Å². The molecule has 3 fully saturated rings. The minimum absolute atomic E-state index is 0.0163. The number of Topliss-reactive ketones (excluding diaryl/α,β-unsaturated/α-hetero) is 1. The lowest BCUT2D eigenvalue weighted by molar-refractivity contribution is -0.219. The van der Waals surface area contributed by atoms with Crippen molar-refractivity contribution in [2.45, 2.75) is 60.3 Å². The van der Waals surface area contributed by atoms with Gasteiger partial charge in [0, 0.05) is 33.8 Å². The number of anilines is 1. The summed E-state index contributed by atoms with van der Waals surface area (Å²) < 4.78 is 40.9. The molecular weight excluding hydrogens is 586 g/mol. The number of ether oxygens (including phenoxy) is 2. The normalized spacial score (nSPS) is 23.3. The quantitative estimate of drug-likeness (QED) is 0.280. The second-order valence-corrected chi connectivity index (χ2v) is 14.0. The van der Waals surface area contributed by atoms with Gasteiger partial charge in [0.1, 0.15) is 0 Å². The Bertz CT molecular complexity index is 1600. The Morgan fingerprint density at radius 2 is 1.72 bits per heavy atom. The van der Waals surface area contributed by atoms with E-state index < -0.39 is 21.7 Å². The summed E-state index contributed by atoms with van der Waals surface area (Å²) in [4.78, 5) is 16.9. The minimum Gasteiger partial charge on any atom is -0.398 e. The van der Waals surface area contributed by atoms with Crippen molar-refractivity contribution < 1.29 is 22.7 Å². The molecule has 3 N–H and O–H groups in total. The molecule has 0 saturated carbocycles. The fourth-order valence-electron chi connectivity index (χ4n) is 7.03. The maximum absolute atomic E-state index is 14.3. The number of rotatable bonds is 7. The summed E-state index contributed by atoms with van der Waals surface area (Å²) in [7, 11) is -3.96. The smallest absolute Gasteiger partial charge is 0.207 e. The molecule has 3 aromatic carbocycles. The van der Waals surface area contributed by atoms with E-state index in [0.717, 1.165) is 31.5 Å². The van der Waals surface area contributed by atoms with Gasteiger partial charge in [0.15, 0.2) is 11.6 Å². The van der Waals surface area contributed by atoms with Gasteiger partial charge in [-0.25, -0.2) is 8.42 Å². The van der Waals surface area contributed by atoms with E-state index in [9.17, 15) is 13.2 Å². The van der Waals surface area contributed by atoms with Gasteiger partial charge in [-0.2, -0.15) is 0 Å². The molecule has 3 heterocycles. The largest absolute Gasteiger partial charge is 0.398 e. The highest BCUT2D eigenvalue weighted by Gasteiger charge is 2.52. The second kappa shape index (κ2) is 12.3. The number of nitrogen functional groups attached to an aromatic ring is 1. The van der Waals surface area contributed by atoms with Crippen LogP contribution in [0.3, 0.4) is 0 Å². The molecule has 0 amide bonds. The summed E-state index contributed by atoms with van der Waals surface area (Å²) in [6.07, 6.45) is 3.04. The van der Waals surface area contributed by atoms with Crippen LogP contribution < -0.4 is 11.1 Å². The number of nitrogens with zero attached hydrogens (tertiary/aromatic N) is 1. The number of nitrogens with one attached hydrogen (secondary N) is 1. The number of halogens is 1. The summed E-state index contributed by atoms with van der Waals surface area (Å²) in [5, 5.41) is 3.76. The number of carbonyl (C=O) groups is 1. The van der Waals surface area contributed by atoms with E-state index >= 15 is 0 Å². The number of likely N-dealkylation sites (tertiary alicyclic amines) is 1. The van der Waals surface area contributed by atoms with Crippen molar-refractivity contribution in [3.8, 4) is 0 Å². The van der Waals surface area contributed by atoms with E-state index in [1.54, 1.807) is 48.5 Å². The highest BCUT2D eigenvalue weighted by atomic mass is 35.5. The number of ketones is 1. The highest BCUT2D eigenvalue weighted by Crippen LogP contribution is 2.48. The van der Waals surface area contributed by atoms with Crippen molar-refractivity contribution >= 4 is 32.9 Å². The van der Waals surface area contributed by atoms with Gasteiger partial charge in [-0.3, -0.25) is 9.69 Å². The number of hydrogen-bond acceptors (Lipinski definition) is 8. The number of para-hydroxylation sites is 1. The lowest BCUT2D eigenvalue weighted by atomic mass is 9.78. The van der Waals surface area contributed by atoms with Crippen molar-refractivity contribution in [1.29, 1.82) is 0 Å². The van der Waals surface area contributed by atoms with E-state index in [1.807, 2.05) is 19.1 Å². The monoisotopic (exact) mass is 623 g/mol. The van der Waals surface area contributed by atoms with Crippen molar-refractivity contribution in [2.75, 3.05) is 38.6 Å². The third kappa shape index (κ3) is 5.63. The third-order valence-corrected chi connectivity index (χ3v) is 11.3.